The van der Waals surface area contributed by atoms with Crippen molar-refractivity contribution in [3.05, 3.63) is 34.2 Å². The van der Waals surface area contributed by atoms with Gasteiger partial charge in [0.25, 0.3) is 5.91 Å². The average molecular weight is 194 g/mol. The topological polar surface area (TPSA) is 62.0 Å². The molecule has 0 atom stereocenters. The van der Waals surface area contributed by atoms with Crippen molar-refractivity contribution < 1.29 is 4.79 Å². The van der Waals surface area contributed by atoms with E-state index in [9.17, 15) is 9.59 Å². The van der Waals surface area contributed by atoms with E-state index in [4.69, 9.17) is 0 Å². The summed E-state index contributed by atoms with van der Waals surface area (Å²) in [4.78, 5) is 25.4. The van der Waals surface area contributed by atoms with Crippen LogP contribution in [0.4, 0.5) is 0 Å². The number of pyridine rings is 1. The lowest BCUT2D eigenvalue weighted by atomic mass is 10.2. The highest BCUT2D eigenvalue weighted by Crippen LogP contribution is 1.91. The Kier molecular flexibility index (Phi) is 3.45. The van der Waals surface area contributed by atoms with Crippen LogP contribution in [0.15, 0.2) is 23.3 Å². The standard InChI is InChI=1S/C10H14N2O2/c1-7(2)5-12-10(14)8-6-11-4-3-9(8)13/h3-4,6-7H,5H2,1-2H3,(H,11,13)(H,12,14). The highest BCUT2D eigenvalue weighted by molar-refractivity contribution is 5.93. The number of carbonyl (C=O) groups is 1. The van der Waals surface area contributed by atoms with Crippen LogP contribution in [-0.2, 0) is 0 Å². The largest absolute Gasteiger partial charge is 0.367 e. The normalized spacial score (nSPS) is 10.2. The monoisotopic (exact) mass is 194 g/mol. The third-order valence-corrected chi connectivity index (χ3v) is 1.74. The van der Waals surface area contributed by atoms with Gasteiger partial charge in [0, 0.05) is 25.0 Å². The van der Waals surface area contributed by atoms with E-state index >= 15 is 0 Å². The van der Waals surface area contributed by atoms with Crippen LogP contribution < -0.4 is 10.7 Å². The fourth-order valence-electron chi connectivity index (χ4n) is 0.986. The molecule has 0 spiro atoms. The van der Waals surface area contributed by atoms with Crippen LogP contribution in [0, 0.1) is 5.92 Å². The van der Waals surface area contributed by atoms with E-state index in [1.54, 1.807) is 0 Å². The molecule has 1 rings (SSSR count). The molecule has 4 nitrogen and oxygen atoms in total. The summed E-state index contributed by atoms with van der Waals surface area (Å²) in [5, 5.41) is 2.68. The first-order chi connectivity index (χ1) is 6.61. The molecule has 0 aliphatic carbocycles. The van der Waals surface area contributed by atoms with E-state index in [-0.39, 0.29) is 16.9 Å². The Balaban J connectivity index is 2.71. The average Bonchev–Trinajstić information content (AvgIpc) is 2.15. The molecular weight excluding hydrogens is 180 g/mol. The van der Waals surface area contributed by atoms with Gasteiger partial charge in [-0.25, -0.2) is 0 Å². The van der Waals surface area contributed by atoms with Gasteiger partial charge in [-0.05, 0) is 5.92 Å². The van der Waals surface area contributed by atoms with Crippen molar-refractivity contribution in [2.75, 3.05) is 6.54 Å². The lowest BCUT2D eigenvalue weighted by molar-refractivity contribution is 0.0947. The van der Waals surface area contributed by atoms with Gasteiger partial charge in [0.2, 0.25) is 0 Å². The number of aromatic nitrogens is 1. The van der Waals surface area contributed by atoms with Gasteiger partial charge in [-0.15, -0.1) is 0 Å². The van der Waals surface area contributed by atoms with Crippen molar-refractivity contribution in [3.8, 4) is 0 Å². The molecule has 0 saturated heterocycles. The summed E-state index contributed by atoms with van der Waals surface area (Å²) in [6.07, 6.45) is 2.92. The molecule has 2 N–H and O–H groups in total. The number of carbonyl (C=O) groups excluding carboxylic acids is 1. The highest BCUT2D eigenvalue weighted by Gasteiger charge is 2.08. The minimum absolute atomic E-state index is 0.160. The van der Waals surface area contributed by atoms with Gasteiger partial charge >= 0.3 is 0 Å². The molecule has 14 heavy (non-hydrogen) atoms. The van der Waals surface area contributed by atoms with E-state index in [2.05, 4.69) is 10.3 Å². The molecule has 0 radical (unpaired) electrons. The van der Waals surface area contributed by atoms with Crippen LogP contribution in [0.1, 0.15) is 24.2 Å². The lowest BCUT2D eigenvalue weighted by Crippen LogP contribution is -2.31. The number of H-pyrrole nitrogens is 1. The second-order valence-electron chi connectivity index (χ2n) is 3.53. The summed E-state index contributed by atoms with van der Waals surface area (Å²) in [5.41, 5.74) is -0.0989. The van der Waals surface area contributed by atoms with Crippen LogP contribution in [-0.4, -0.2) is 17.4 Å². The fourth-order valence-corrected chi connectivity index (χ4v) is 0.986. The zero-order valence-electron chi connectivity index (χ0n) is 8.33. The van der Waals surface area contributed by atoms with Crippen molar-refractivity contribution >= 4 is 5.91 Å². The number of hydrogen-bond donors (Lipinski definition) is 2. The van der Waals surface area contributed by atoms with Gasteiger partial charge in [0.15, 0.2) is 5.43 Å². The minimum atomic E-state index is -0.319. The number of nitrogens with one attached hydrogen (secondary N) is 2. The summed E-state index contributed by atoms with van der Waals surface area (Å²) >= 11 is 0. The molecular formula is C10H14N2O2. The van der Waals surface area contributed by atoms with Gasteiger partial charge < -0.3 is 10.3 Å². The predicted molar refractivity (Wildman–Crippen MR) is 54.2 cm³/mol. The second-order valence-corrected chi connectivity index (χ2v) is 3.53. The van der Waals surface area contributed by atoms with E-state index < -0.39 is 0 Å². The van der Waals surface area contributed by atoms with E-state index in [1.165, 1.54) is 18.5 Å². The van der Waals surface area contributed by atoms with E-state index in [0.717, 1.165) is 0 Å². The van der Waals surface area contributed by atoms with Crippen molar-refractivity contribution in [1.29, 1.82) is 0 Å². The summed E-state index contributed by atoms with van der Waals surface area (Å²) in [7, 11) is 0. The van der Waals surface area contributed by atoms with Crippen molar-refractivity contribution in [3.63, 3.8) is 0 Å². The molecule has 0 saturated carbocycles. The predicted octanol–water partition coefficient (Wildman–Crippen LogP) is 0.761. The molecule has 1 aromatic heterocycles. The maximum atomic E-state index is 11.4. The smallest absolute Gasteiger partial charge is 0.256 e. The number of amides is 1. The highest BCUT2D eigenvalue weighted by atomic mass is 16.2. The molecule has 0 bridgehead atoms. The summed E-state index contributed by atoms with van der Waals surface area (Å²) in [5.74, 6) is 0.0577. The Labute approximate surface area is 82.3 Å². The first-order valence-corrected chi connectivity index (χ1v) is 4.56. The third-order valence-electron chi connectivity index (χ3n) is 1.74. The Hall–Kier alpha value is -1.58. The first kappa shape index (κ1) is 10.5. The molecule has 0 aromatic carbocycles. The molecule has 0 fully saturated rings. The summed E-state index contributed by atoms with van der Waals surface area (Å²) < 4.78 is 0. The Morgan fingerprint density at radius 2 is 2.29 bits per heavy atom. The van der Waals surface area contributed by atoms with Crippen molar-refractivity contribution in [1.82, 2.24) is 10.3 Å². The maximum Gasteiger partial charge on any atom is 0.256 e. The second kappa shape index (κ2) is 4.60. The summed E-state index contributed by atoms with van der Waals surface area (Å²) in [6, 6.07) is 1.34. The Morgan fingerprint density at radius 3 is 2.86 bits per heavy atom. The maximum absolute atomic E-state index is 11.4. The van der Waals surface area contributed by atoms with Gasteiger partial charge in [0.05, 0.1) is 0 Å². The molecule has 0 unspecified atom stereocenters. The van der Waals surface area contributed by atoms with Crippen LogP contribution in [0.2, 0.25) is 0 Å². The number of hydrogen-bond acceptors (Lipinski definition) is 2. The Morgan fingerprint density at radius 1 is 1.57 bits per heavy atom. The molecule has 1 heterocycles. The van der Waals surface area contributed by atoms with Gasteiger partial charge in [0.1, 0.15) is 5.56 Å². The SMILES string of the molecule is CC(C)CNC(=O)c1c[nH]ccc1=O. The molecule has 4 heteroatoms. The molecule has 76 valence electrons. The van der Waals surface area contributed by atoms with Crippen LogP contribution in [0.25, 0.3) is 0 Å². The quantitative estimate of drug-likeness (QED) is 0.746. The zero-order chi connectivity index (χ0) is 10.6. The fraction of sp³-hybridized carbons (Fsp3) is 0.400. The Bertz CT molecular complexity index is 368. The lowest BCUT2D eigenvalue weighted by Gasteiger charge is -2.06. The van der Waals surface area contributed by atoms with Crippen molar-refractivity contribution in [2.24, 2.45) is 5.92 Å². The summed E-state index contributed by atoms with van der Waals surface area (Å²) in [6.45, 7) is 4.57. The van der Waals surface area contributed by atoms with Gasteiger partial charge in [-0.1, -0.05) is 13.8 Å². The van der Waals surface area contributed by atoms with Crippen LogP contribution in [0.5, 0.6) is 0 Å². The van der Waals surface area contributed by atoms with Gasteiger partial charge in [-0.3, -0.25) is 9.59 Å². The number of rotatable bonds is 3. The minimum Gasteiger partial charge on any atom is -0.367 e. The molecule has 0 aliphatic rings. The van der Waals surface area contributed by atoms with Crippen LogP contribution in [0.3, 0.4) is 0 Å². The molecule has 0 aliphatic heterocycles. The third kappa shape index (κ3) is 2.73. The van der Waals surface area contributed by atoms with Crippen LogP contribution >= 0.6 is 0 Å². The van der Waals surface area contributed by atoms with Gasteiger partial charge in [-0.2, -0.15) is 0 Å². The number of aromatic amines is 1. The molecule has 1 amide bonds. The van der Waals surface area contributed by atoms with E-state index in [1.807, 2.05) is 13.8 Å². The van der Waals surface area contributed by atoms with Crippen molar-refractivity contribution in [2.45, 2.75) is 13.8 Å². The zero-order valence-corrected chi connectivity index (χ0v) is 8.33. The first-order valence-electron chi connectivity index (χ1n) is 4.56. The van der Waals surface area contributed by atoms with E-state index in [0.29, 0.717) is 12.5 Å². The molecule has 1 aromatic rings.